The van der Waals surface area contributed by atoms with Crippen molar-refractivity contribution in [3.05, 3.63) is 59.9 Å². The number of carbonyl (C=O) groups is 2. The van der Waals surface area contributed by atoms with Gasteiger partial charge < -0.3 is 10.6 Å². The summed E-state index contributed by atoms with van der Waals surface area (Å²) in [5.41, 5.74) is 7.22. The van der Waals surface area contributed by atoms with Crippen molar-refractivity contribution in [1.82, 2.24) is 4.90 Å². The van der Waals surface area contributed by atoms with Crippen LogP contribution in [-0.2, 0) is 16.0 Å². The van der Waals surface area contributed by atoms with Gasteiger partial charge in [0.2, 0.25) is 11.8 Å². The maximum Gasteiger partial charge on any atom is 0.225 e. The summed E-state index contributed by atoms with van der Waals surface area (Å²) in [5, 5.41) is 0. The van der Waals surface area contributed by atoms with Crippen LogP contribution < -0.4 is 5.73 Å². The Balaban J connectivity index is 1.61. The first kappa shape index (κ1) is 19.6. The van der Waals surface area contributed by atoms with Crippen LogP contribution in [0, 0.1) is 17.2 Å². The van der Waals surface area contributed by atoms with Crippen LogP contribution in [0.2, 0.25) is 0 Å². The average Bonchev–Trinajstić information content (AvgIpc) is 3.40. The SMILES string of the molecule is NC(=O)C1(Cc2ccccc2-c2ccccc2F)CCN(C(=O)C2CCCC2)C1. The fourth-order valence-electron chi connectivity index (χ4n) is 4.91. The van der Waals surface area contributed by atoms with Crippen LogP contribution in [0.1, 0.15) is 37.7 Å². The zero-order valence-electron chi connectivity index (χ0n) is 16.6. The molecule has 2 aromatic rings. The normalized spacial score (nSPS) is 22.2. The molecule has 2 aromatic carbocycles. The fraction of sp³-hybridized carbons (Fsp3) is 0.417. The lowest BCUT2D eigenvalue weighted by atomic mass is 9.78. The van der Waals surface area contributed by atoms with Gasteiger partial charge in [-0.1, -0.05) is 55.3 Å². The summed E-state index contributed by atoms with van der Waals surface area (Å²) in [6.45, 7) is 0.906. The van der Waals surface area contributed by atoms with Crippen molar-refractivity contribution in [3.8, 4) is 11.1 Å². The molecule has 2 N–H and O–H groups in total. The van der Waals surface area contributed by atoms with E-state index in [9.17, 15) is 14.0 Å². The van der Waals surface area contributed by atoms with Gasteiger partial charge in [0.1, 0.15) is 5.82 Å². The Bertz CT molecular complexity index is 923. The highest BCUT2D eigenvalue weighted by Gasteiger charge is 2.46. The third-order valence-electron chi connectivity index (χ3n) is 6.60. The molecule has 1 aliphatic carbocycles. The van der Waals surface area contributed by atoms with Crippen LogP contribution in [-0.4, -0.2) is 29.8 Å². The second-order valence-corrected chi connectivity index (χ2v) is 8.45. The molecule has 1 heterocycles. The van der Waals surface area contributed by atoms with Gasteiger partial charge in [-0.2, -0.15) is 0 Å². The summed E-state index contributed by atoms with van der Waals surface area (Å²) in [4.78, 5) is 27.2. The van der Waals surface area contributed by atoms with Gasteiger partial charge >= 0.3 is 0 Å². The Hall–Kier alpha value is -2.69. The third-order valence-corrected chi connectivity index (χ3v) is 6.60. The highest BCUT2D eigenvalue weighted by Crippen LogP contribution is 2.39. The number of nitrogens with two attached hydrogens (primary N) is 1. The number of halogens is 1. The number of carbonyl (C=O) groups excluding carboxylic acids is 2. The molecule has 1 saturated carbocycles. The summed E-state index contributed by atoms with van der Waals surface area (Å²) in [6, 6.07) is 14.2. The first-order valence-corrected chi connectivity index (χ1v) is 10.4. The molecule has 29 heavy (non-hydrogen) atoms. The Morgan fingerprint density at radius 1 is 1.03 bits per heavy atom. The maximum absolute atomic E-state index is 14.4. The number of nitrogens with zero attached hydrogens (tertiary/aromatic N) is 1. The number of hydrogen-bond acceptors (Lipinski definition) is 2. The molecule has 2 aliphatic rings. The Kier molecular flexibility index (Phi) is 5.39. The Morgan fingerprint density at radius 3 is 2.38 bits per heavy atom. The van der Waals surface area contributed by atoms with Gasteiger partial charge in [-0.3, -0.25) is 9.59 Å². The molecule has 0 aromatic heterocycles. The second-order valence-electron chi connectivity index (χ2n) is 8.45. The van der Waals surface area contributed by atoms with Crippen molar-refractivity contribution in [2.45, 2.75) is 38.5 Å². The smallest absolute Gasteiger partial charge is 0.225 e. The fourth-order valence-corrected chi connectivity index (χ4v) is 4.91. The van der Waals surface area contributed by atoms with E-state index in [0.717, 1.165) is 36.8 Å². The van der Waals surface area contributed by atoms with Crippen molar-refractivity contribution in [1.29, 1.82) is 0 Å². The number of rotatable bonds is 5. The third kappa shape index (κ3) is 3.78. The molecule has 1 saturated heterocycles. The largest absolute Gasteiger partial charge is 0.369 e. The van der Waals surface area contributed by atoms with Crippen LogP contribution >= 0.6 is 0 Å². The zero-order chi connectivity index (χ0) is 20.4. The van der Waals surface area contributed by atoms with Crippen molar-refractivity contribution in [3.63, 3.8) is 0 Å². The van der Waals surface area contributed by atoms with Gasteiger partial charge in [0.05, 0.1) is 5.41 Å². The molecule has 2 fully saturated rings. The summed E-state index contributed by atoms with van der Waals surface area (Å²) in [5.74, 6) is -0.433. The molecule has 152 valence electrons. The van der Waals surface area contributed by atoms with Crippen LogP contribution in [0.25, 0.3) is 11.1 Å². The predicted octanol–water partition coefficient (Wildman–Crippen LogP) is 3.93. The van der Waals surface area contributed by atoms with Gasteiger partial charge in [-0.15, -0.1) is 0 Å². The van der Waals surface area contributed by atoms with E-state index < -0.39 is 5.41 Å². The lowest BCUT2D eigenvalue weighted by Crippen LogP contribution is -2.43. The summed E-state index contributed by atoms with van der Waals surface area (Å²) in [6.07, 6.45) is 5.03. The van der Waals surface area contributed by atoms with Gasteiger partial charge in [-0.05, 0) is 42.9 Å². The molecule has 0 spiro atoms. The molecular formula is C24H27FN2O2. The minimum Gasteiger partial charge on any atom is -0.369 e. The van der Waals surface area contributed by atoms with E-state index in [2.05, 4.69) is 0 Å². The second kappa shape index (κ2) is 7.97. The number of likely N-dealkylation sites (tertiary alicyclic amines) is 1. The monoisotopic (exact) mass is 394 g/mol. The Labute approximate surface area is 170 Å². The highest BCUT2D eigenvalue weighted by molar-refractivity contribution is 5.85. The van der Waals surface area contributed by atoms with Crippen molar-refractivity contribution < 1.29 is 14.0 Å². The van der Waals surface area contributed by atoms with Gasteiger partial charge in [0, 0.05) is 24.6 Å². The van der Waals surface area contributed by atoms with E-state index in [0.29, 0.717) is 31.5 Å². The van der Waals surface area contributed by atoms with Gasteiger partial charge in [0.15, 0.2) is 0 Å². The summed E-state index contributed by atoms with van der Waals surface area (Å²) < 4.78 is 14.4. The zero-order valence-corrected chi connectivity index (χ0v) is 16.6. The predicted molar refractivity (Wildman–Crippen MR) is 110 cm³/mol. The van der Waals surface area contributed by atoms with E-state index in [1.807, 2.05) is 29.2 Å². The molecule has 5 heteroatoms. The molecule has 0 bridgehead atoms. The van der Waals surface area contributed by atoms with E-state index in [4.69, 9.17) is 5.73 Å². The van der Waals surface area contributed by atoms with Crippen LogP contribution in [0.5, 0.6) is 0 Å². The average molecular weight is 394 g/mol. The minimum absolute atomic E-state index is 0.0874. The number of amides is 2. The summed E-state index contributed by atoms with van der Waals surface area (Å²) in [7, 11) is 0. The first-order chi connectivity index (χ1) is 14.0. The van der Waals surface area contributed by atoms with Crippen molar-refractivity contribution in [2.24, 2.45) is 17.1 Å². The van der Waals surface area contributed by atoms with Crippen LogP contribution in [0.4, 0.5) is 4.39 Å². The molecule has 1 aliphatic heterocycles. The quantitative estimate of drug-likeness (QED) is 0.835. The van der Waals surface area contributed by atoms with E-state index in [1.165, 1.54) is 6.07 Å². The lowest BCUT2D eigenvalue weighted by Gasteiger charge is -2.28. The molecular weight excluding hydrogens is 367 g/mol. The maximum atomic E-state index is 14.4. The number of primary amides is 1. The van der Waals surface area contributed by atoms with Gasteiger partial charge in [0.25, 0.3) is 0 Å². The van der Waals surface area contributed by atoms with Crippen LogP contribution in [0.3, 0.4) is 0 Å². The standard InChI is InChI=1S/C24H27FN2O2/c25-21-12-6-5-11-20(21)19-10-4-3-9-18(19)15-24(23(26)29)13-14-27(16-24)22(28)17-7-1-2-8-17/h3-6,9-12,17H,1-2,7-8,13-16H2,(H2,26,29). The van der Waals surface area contributed by atoms with Crippen molar-refractivity contribution >= 4 is 11.8 Å². The topological polar surface area (TPSA) is 63.4 Å². The van der Waals surface area contributed by atoms with E-state index in [1.54, 1.807) is 18.2 Å². The Morgan fingerprint density at radius 2 is 1.69 bits per heavy atom. The lowest BCUT2D eigenvalue weighted by molar-refractivity contribution is -0.135. The first-order valence-electron chi connectivity index (χ1n) is 10.4. The number of hydrogen-bond donors (Lipinski definition) is 1. The summed E-state index contributed by atoms with van der Waals surface area (Å²) >= 11 is 0. The van der Waals surface area contributed by atoms with Crippen molar-refractivity contribution in [2.75, 3.05) is 13.1 Å². The van der Waals surface area contributed by atoms with Gasteiger partial charge in [-0.25, -0.2) is 4.39 Å². The van der Waals surface area contributed by atoms with E-state index >= 15 is 0 Å². The number of benzene rings is 2. The molecule has 4 nitrogen and oxygen atoms in total. The molecule has 4 rings (SSSR count). The molecule has 1 unspecified atom stereocenters. The minimum atomic E-state index is -0.810. The van der Waals surface area contributed by atoms with Crippen LogP contribution in [0.15, 0.2) is 48.5 Å². The highest BCUT2D eigenvalue weighted by atomic mass is 19.1. The molecule has 1 atom stereocenters. The van der Waals surface area contributed by atoms with E-state index in [-0.39, 0.29) is 23.5 Å². The molecule has 2 amide bonds. The molecule has 0 radical (unpaired) electrons.